The second-order valence-corrected chi connectivity index (χ2v) is 10.4. The zero-order valence-corrected chi connectivity index (χ0v) is 24.9. The molecule has 1 aliphatic heterocycles. The van der Waals surface area contributed by atoms with Crippen molar-refractivity contribution in [2.24, 2.45) is 28.2 Å². The van der Waals surface area contributed by atoms with Crippen LogP contribution in [-0.4, -0.2) is 63.8 Å². The predicted molar refractivity (Wildman–Crippen MR) is 159 cm³/mol. The fourth-order valence-corrected chi connectivity index (χ4v) is 4.80. The van der Waals surface area contributed by atoms with Crippen LogP contribution in [0.2, 0.25) is 0 Å². The minimum atomic E-state index is -0.956. The Balaban J connectivity index is 1.22. The Morgan fingerprint density at radius 2 is 1.02 bits per heavy atom. The molecule has 4 aromatic heterocycles. The van der Waals surface area contributed by atoms with Crippen molar-refractivity contribution < 1.29 is 38.5 Å². The molecule has 0 atom stereocenters. The molecule has 1 fully saturated rings. The van der Waals surface area contributed by atoms with E-state index in [9.17, 15) is 38.9 Å². The lowest BCUT2D eigenvalue weighted by Crippen LogP contribution is -2.32. The molecule has 18 heteroatoms. The molecule has 5 rings (SSSR count). The Morgan fingerprint density at radius 1 is 0.652 bits per heavy atom. The van der Waals surface area contributed by atoms with Crippen molar-refractivity contribution in [3.05, 3.63) is 81.9 Å². The largest absolute Gasteiger partial charge is 0.380 e. The van der Waals surface area contributed by atoms with Crippen molar-refractivity contribution in [1.82, 2.24) is 23.3 Å². The minimum Gasteiger partial charge on any atom is -0.344 e. The molecule has 0 radical (unpaired) electrons. The van der Waals surface area contributed by atoms with Crippen LogP contribution in [0, 0.1) is 10.1 Å². The Bertz CT molecular complexity index is 1940. The number of aryl methyl sites for hydroxylation is 4. The zero-order chi connectivity index (χ0) is 33.4. The van der Waals surface area contributed by atoms with Crippen molar-refractivity contribution in [1.29, 1.82) is 0 Å². The van der Waals surface area contributed by atoms with Crippen molar-refractivity contribution in [3.63, 3.8) is 0 Å². The molecule has 0 bridgehead atoms. The third kappa shape index (κ3) is 6.11. The van der Waals surface area contributed by atoms with Crippen LogP contribution >= 0.6 is 0 Å². The number of aromatic nitrogens is 4. The number of rotatable bonds is 9. The van der Waals surface area contributed by atoms with Gasteiger partial charge in [-0.2, -0.15) is 0 Å². The first-order chi connectivity index (χ1) is 21.7. The maximum atomic E-state index is 13.1. The molecule has 0 aliphatic carbocycles. The summed E-state index contributed by atoms with van der Waals surface area (Å²) in [5.41, 5.74) is 0.923. The molecule has 0 spiro atoms. The summed E-state index contributed by atoms with van der Waals surface area (Å²) in [6.07, 6.45) is 5.57. The number of anilines is 3. The molecule has 5 heterocycles. The molecular weight excluding hydrogens is 606 g/mol. The average molecular weight is 634 g/mol. The van der Waals surface area contributed by atoms with Crippen LogP contribution < -0.4 is 16.0 Å². The summed E-state index contributed by atoms with van der Waals surface area (Å²) in [6.45, 7) is 0. The van der Waals surface area contributed by atoms with E-state index in [1.807, 2.05) is 0 Å². The molecule has 0 saturated carbocycles. The average Bonchev–Trinajstić information content (AvgIpc) is 3.79. The summed E-state index contributed by atoms with van der Waals surface area (Å²) >= 11 is 0. The summed E-state index contributed by atoms with van der Waals surface area (Å²) in [4.78, 5) is 90.2. The van der Waals surface area contributed by atoms with E-state index in [1.54, 1.807) is 14.1 Å². The van der Waals surface area contributed by atoms with E-state index in [0.717, 1.165) is 6.07 Å². The highest BCUT2D eigenvalue weighted by atomic mass is 16.7. The van der Waals surface area contributed by atoms with Crippen LogP contribution in [0.25, 0.3) is 0 Å². The van der Waals surface area contributed by atoms with Crippen LogP contribution in [0.15, 0.2) is 49.1 Å². The van der Waals surface area contributed by atoms with Gasteiger partial charge < -0.3 is 39.1 Å². The van der Waals surface area contributed by atoms with Gasteiger partial charge in [-0.05, 0) is 18.2 Å². The minimum absolute atomic E-state index is 0.0225. The lowest BCUT2D eigenvalue weighted by atomic mass is 10.3. The summed E-state index contributed by atoms with van der Waals surface area (Å²) in [7, 11) is 6.20. The number of hydrogen-bond acceptors (Lipinski definition) is 9. The van der Waals surface area contributed by atoms with Gasteiger partial charge in [0.1, 0.15) is 22.8 Å². The summed E-state index contributed by atoms with van der Waals surface area (Å²) in [6, 6.07) is 5.32. The second kappa shape index (κ2) is 11.9. The van der Waals surface area contributed by atoms with Gasteiger partial charge in [0, 0.05) is 65.7 Å². The molecule has 4 aromatic rings. The highest BCUT2D eigenvalue weighted by molar-refractivity contribution is 6.09. The third-order valence-corrected chi connectivity index (χ3v) is 7.08. The topological polar surface area (TPSA) is 214 Å². The van der Waals surface area contributed by atoms with Gasteiger partial charge in [-0.3, -0.25) is 34.1 Å². The smallest absolute Gasteiger partial charge is 0.344 e. The van der Waals surface area contributed by atoms with Crippen LogP contribution in [-0.2, 0) is 42.6 Å². The highest BCUT2D eigenvalue weighted by Gasteiger charge is 2.34. The van der Waals surface area contributed by atoms with Gasteiger partial charge in [0.25, 0.3) is 35.2 Å². The second-order valence-electron chi connectivity index (χ2n) is 10.4. The van der Waals surface area contributed by atoms with Gasteiger partial charge in [-0.1, -0.05) is 0 Å². The van der Waals surface area contributed by atoms with Crippen molar-refractivity contribution in [2.75, 3.05) is 16.0 Å². The number of hydrogen-bond donors (Lipinski definition) is 3. The third-order valence-electron chi connectivity index (χ3n) is 7.08. The lowest BCUT2D eigenvalue weighted by Gasteiger charge is -2.12. The van der Waals surface area contributed by atoms with Crippen molar-refractivity contribution in [3.8, 4) is 0 Å². The Morgan fingerprint density at radius 3 is 1.43 bits per heavy atom. The standard InChI is InChI=1S/C28H27N9O9/c1-32-11-15(29-25(40)19-8-16(12-33(19)2)30-27(42)21-10-18(37(44)45)14-35(21)4)7-20(32)26(41)31-17-9-22(34(3)13-17)28(43)46-36-23(38)5-6-24(36)39/h7-14H,5-6H2,1-4H3,(H,29,40)(H,30,42)(H,31,41). The normalized spacial score (nSPS) is 12.7. The van der Waals surface area contributed by atoms with E-state index in [-0.39, 0.29) is 58.4 Å². The maximum absolute atomic E-state index is 13.1. The Hall–Kier alpha value is -6.46. The molecule has 0 unspecified atom stereocenters. The van der Waals surface area contributed by atoms with Gasteiger partial charge >= 0.3 is 5.97 Å². The van der Waals surface area contributed by atoms with E-state index in [2.05, 4.69) is 16.0 Å². The van der Waals surface area contributed by atoms with Gasteiger partial charge in [0.15, 0.2) is 0 Å². The number of nitro groups is 1. The van der Waals surface area contributed by atoms with Crippen LogP contribution in [0.1, 0.15) is 54.8 Å². The number of amides is 5. The first-order valence-corrected chi connectivity index (χ1v) is 13.5. The number of nitrogens with one attached hydrogen (secondary N) is 3. The fourth-order valence-electron chi connectivity index (χ4n) is 4.80. The molecule has 1 saturated heterocycles. The monoisotopic (exact) mass is 633 g/mol. The summed E-state index contributed by atoms with van der Waals surface area (Å²) < 4.78 is 5.63. The molecule has 0 aromatic carbocycles. The Kier molecular flexibility index (Phi) is 8.02. The van der Waals surface area contributed by atoms with Crippen LogP contribution in [0.5, 0.6) is 0 Å². The number of carbonyl (C=O) groups excluding carboxylic acids is 6. The van der Waals surface area contributed by atoms with Gasteiger partial charge in [-0.25, -0.2) is 4.79 Å². The van der Waals surface area contributed by atoms with E-state index >= 15 is 0 Å². The van der Waals surface area contributed by atoms with Gasteiger partial charge in [0.05, 0.1) is 28.2 Å². The molecule has 238 valence electrons. The molecule has 5 amide bonds. The Labute approximate surface area is 259 Å². The van der Waals surface area contributed by atoms with Gasteiger partial charge in [-0.15, -0.1) is 5.06 Å². The first-order valence-electron chi connectivity index (χ1n) is 13.5. The van der Waals surface area contributed by atoms with E-state index < -0.39 is 40.4 Å². The highest BCUT2D eigenvalue weighted by Crippen LogP contribution is 2.22. The van der Waals surface area contributed by atoms with Crippen LogP contribution in [0.4, 0.5) is 22.7 Å². The fraction of sp³-hybridized carbons (Fsp3) is 0.214. The summed E-state index contributed by atoms with van der Waals surface area (Å²) in [5, 5.41) is 19.4. The lowest BCUT2D eigenvalue weighted by molar-refractivity contribution is -0.384. The van der Waals surface area contributed by atoms with Crippen LogP contribution in [0.3, 0.4) is 0 Å². The van der Waals surface area contributed by atoms with E-state index in [0.29, 0.717) is 5.06 Å². The molecule has 18 nitrogen and oxygen atoms in total. The summed E-state index contributed by atoms with van der Waals surface area (Å²) in [5.74, 6) is -3.91. The van der Waals surface area contributed by atoms with Gasteiger partial charge in [0.2, 0.25) is 0 Å². The predicted octanol–water partition coefficient (Wildman–Crippen LogP) is 1.93. The number of imide groups is 1. The molecule has 46 heavy (non-hydrogen) atoms. The number of hydroxylamine groups is 2. The quantitative estimate of drug-likeness (QED) is 0.139. The van der Waals surface area contributed by atoms with Crippen molar-refractivity contribution >= 4 is 58.3 Å². The van der Waals surface area contributed by atoms with E-state index in [1.165, 1.54) is 75.4 Å². The number of carbonyl (C=O) groups is 6. The molecule has 1 aliphatic rings. The van der Waals surface area contributed by atoms with Crippen molar-refractivity contribution in [2.45, 2.75) is 12.8 Å². The molecule has 3 N–H and O–H groups in total. The first kappa shape index (κ1) is 31.0. The van der Waals surface area contributed by atoms with E-state index in [4.69, 9.17) is 4.84 Å². The molecular formula is C28H27N9O9. The number of nitrogens with zero attached hydrogens (tertiary/aromatic N) is 6. The zero-order valence-electron chi connectivity index (χ0n) is 24.9. The SMILES string of the molecule is Cn1cc(NC(=O)c2cc([N+](=O)[O-])cn2C)cc1C(=O)Nc1cc(C(=O)Nc2cc(C(=O)ON3C(=O)CCC3=O)n(C)c2)n(C)c1. The maximum Gasteiger partial charge on any atom is 0.380 e.